The second kappa shape index (κ2) is 6.74. The van der Waals surface area contributed by atoms with Gasteiger partial charge in [-0.05, 0) is 44.7 Å². The van der Waals surface area contributed by atoms with Crippen LogP contribution < -0.4 is 0 Å². The Bertz CT molecular complexity index is 297. The number of hydrogen-bond donors (Lipinski definition) is 1. The van der Waals surface area contributed by atoms with Crippen molar-refractivity contribution in [3.8, 4) is 0 Å². The van der Waals surface area contributed by atoms with Crippen molar-refractivity contribution in [3.63, 3.8) is 0 Å². The first-order chi connectivity index (χ1) is 9.19. The van der Waals surface area contributed by atoms with E-state index in [2.05, 4.69) is 11.8 Å². The van der Waals surface area contributed by atoms with Crippen molar-refractivity contribution in [1.82, 2.24) is 4.90 Å². The molecule has 1 aliphatic heterocycles. The molecule has 2 unspecified atom stereocenters. The van der Waals surface area contributed by atoms with Crippen LogP contribution in [-0.4, -0.2) is 34.6 Å². The Kier molecular flexibility index (Phi) is 5.26. The van der Waals surface area contributed by atoms with Gasteiger partial charge in [-0.1, -0.05) is 39.0 Å². The molecule has 19 heavy (non-hydrogen) atoms. The van der Waals surface area contributed by atoms with Crippen LogP contribution in [0.15, 0.2) is 0 Å². The Hall–Kier alpha value is -0.570. The van der Waals surface area contributed by atoms with Crippen LogP contribution in [0.5, 0.6) is 0 Å². The van der Waals surface area contributed by atoms with Gasteiger partial charge < -0.3 is 5.11 Å². The van der Waals surface area contributed by atoms with Gasteiger partial charge in [-0.25, -0.2) is 0 Å². The van der Waals surface area contributed by atoms with Gasteiger partial charge in [0.05, 0.1) is 6.42 Å². The highest BCUT2D eigenvalue weighted by atomic mass is 16.4. The van der Waals surface area contributed by atoms with Gasteiger partial charge in [0.1, 0.15) is 0 Å². The van der Waals surface area contributed by atoms with E-state index in [1.807, 2.05) is 0 Å². The molecule has 2 fully saturated rings. The van der Waals surface area contributed by atoms with E-state index < -0.39 is 5.97 Å². The van der Waals surface area contributed by atoms with Crippen molar-refractivity contribution in [2.45, 2.75) is 76.7 Å². The summed E-state index contributed by atoms with van der Waals surface area (Å²) in [6.45, 7) is 4.47. The van der Waals surface area contributed by atoms with Gasteiger partial charge in [0.25, 0.3) is 0 Å². The molecule has 0 aromatic carbocycles. The SMILES string of the molecule is CCC1CCCCC1(CC(=O)O)N1CCCCCC1. The molecule has 0 amide bonds. The molecule has 1 aliphatic carbocycles. The van der Waals surface area contributed by atoms with Gasteiger partial charge in [0.2, 0.25) is 0 Å². The van der Waals surface area contributed by atoms with E-state index in [1.54, 1.807) is 0 Å². The maximum atomic E-state index is 11.4. The first kappa shape index (κ1) is 14.8. The number of likely N-dealkylation sites (tertiary alicyclic amines) is 1. The molecule has 3 nitrogen and oxygen atoms in total. The summed E-state index contributed by atoms with van der Waals surface area (Å²) in [7, 11) is 0. The number of aliphatic carboxylic acids is 1. The molecule has 0 aromatic rings. The Morgan fingerprint density at radius 2 is 1.84 bits per heavy atom. The molecule has 1 saturated carbocycles. The fourth-order valence-corrected chi connectivity index (χ4v) is 4.42. The number of carboxylic acid groups (broad SMARTS) is 1. The lowest BCUT2D eigenvalue weighted by atomic mass is 9.68. The van der Waals surface area contributed by atoms with E-state index in [0.717, 1.165) is 25.9 Å². The lowest BCUT2D eigenvalue weighted by Gasteiger charge is -2.51. The Labute approximate surface area is 117 Å². The molecule has 2 atom stereocenters. The number of carbonyl (C=O) groups is 1. The number of carboxylic acids is 1. The molecule has 1 saturated heterocycles. The normalized spacial score (nSPS) is 33.8. The number of nitrogens with zero attached hydrogens (tertiary/aromatic N) is 1. The monoisotopic (exact) mass is 267 g/mol. The second-order valence-corrected chi connectivity index (χ2v) is 6.43. The molecule has 2 aliphatic rings. The van der Waals surface area contributed by atoms with E-state index in [9.17, 15) is 9.90 Å². The maximum absolute atomic E-state index is 11.4. The van der Waals surface area contributed by atoms with Gasteiger partial charge in [-0.2, -0.15) is 0 Å². The molecule has 1 heterocycles. The quantitative estimate of drug-likeness (QED) is 0.844. The van der Waals surface area contributed by atoms with Crippen molar-refractivity contribution in [1.29, 1.82) is 0 Å². The van der Waals surface area contributed by atoms with Crippen molar-refractivity contribution >= 4 is 5.97 Å². The van der Waals surface area contributed by atoms with Crippen molar-refractivity contribution in [2.24, 2.45) is 5.92 Å². The van der Waals surface area contributed by atoms with Crippen LogP contribution in [0.2, 0.25) is 0 Å². The van der Waals surface area contributed by atoms with E-state index in [1.165, 1.54) is 44.9 Å². The predicted molar refractivity (Wildman–Crippen MR) is 77.3 cm³/mol. The van der Waals surface area contributed by atoms with Crippen LogP contribution in [-0.2, 0) is 4.79 Å². The lowest BCUT2D eigenvalue weighted by molar-refractivity contribution is -0.143. The van der Waals surface area contributed by atoms with Gasteiger partial charge in [0, 0.05) is 5.54 Å². The number of hydrogen-bond acceptors (Lipinski definition) is 2. The smallest absolute Gasteiger partial charge is 0.305 e. The average molecular weight is 267 g/mol. The summed E-state index contributed by atoms with van der Waals surface area (Å²) in [5, 5.41) is 9.42. The third-order valence-electron chi connectivity index (χ3n) is 5.36. The molecular formula is C16H29NO2. The Morgan fingerprint density at radius 1 is 1.16 bits per heavy atom. The van der Waals surface area contributed by atoms with Crippen LogP contribution in [0.1, 0.15) is 71.1 Å². The first-order valence-electron chi connectivity index (χ1n) is 8.16. The summed E-state index contributed by atoms with van der Waals surface area (Å²) < 4.78 is 0. The minimum atomic E-state index is -0.607. The standard InChI is InChI=1S/C16H29NO2/c1-2-14-9-5-6-10-16(14,13-15(18)19)17-11-7-3-4-8-12-17/h14H,2-13H2,1H3,(H,18,19). The molecule has 1 N–H and O–H groups in total. The summed E-state index contributed by atoms with van der Waals surface area (Å²) in [6.07, 6.45) is 11.4. The summed E-state index contributed by atoms with van der Waals surface area (Å²) in [6, 6.07) is 0. The highest BCUT2D eigenvalue weighted by molar-refractivity contribution is 5.68. The van der Waals surface area contributed by atoms with Crippen LogP contribution in [0.25, 0.3) is 0 Å². The molecule has 0 aromatic heterocycles. The zero-order valence-corrected chi connectivity index (χ0v) is 12.4. The van der Waals surface area contributed by atoms with Gasteiger partial charge in [-0.15, -0.1) is 0 Å². The summed E-state index contributed by atoms with van der Waals surface area (Å²) in [5.74, 6) is -0.0277. The van der Waals surface area contributed by atoms with Gasteiger partial charge in [0.15, 0.2) is 0 Å². The van der Waals surface area contributed by atoms with Crippen molar-refractivity contribution < 1.29 is 9.90 Å². The zero-order chi connectivity index (χ0) is 13.7. The fraction of sp³-hybridized carbons (Fsp3) is 0.938. The van der Waals surface area contributed by atoms with Gasteiger partial charge in [-0.3, -0.25) is 9.69 Å². The van der Waals surface area contributed by atoms with E-state index in [4.69, 9.17) is 0 Å². The minimum absolute atomic E-state index is 0.0385. The molecule has 0 spiro atoms. The topological polar surface area (TPSA) is 40.5 Å². The van der Waals surface area contributed by atoms with E-state index in [-0.39, 0.29) is 5.54 Å². The van der Waals surface area contributed by atoms with Gasteiger partial charge >= 0.3 is 5.97 Å². The van der Waals surface area contributed by atoms with Crippen LogP contribution in [0.3, 0.4) is 0 Å². The lowest BCUT2D eigenvalue weighted by Crippen LogP contribution is -2.56. The summed E-state index contributed by atoms with van der Waals surface area (Å²) >= 11 is 0. The minimum Gasteiger partial charge on any atom is -0.481 e. The maximum Gasteiger partial charge on any atom is 0.305 e. The highest BCUT2D eigenvalue weighted by Gasteiger charge is 2.45. The van der Waals surface area contributed by atoms with Crippen LogP contribution in [0, 0.1) is 5.92 Å². The van der Waals surface area contributed by atoms with E-state index >= 15 is 0 Å². The van der Waals surface area contributed by atoms with Crippen LogP contribution in [0.4, 0.5) is 0 Å². The molecule has 0 radical (unpaired) electrons. The molecule has 110 valence electrons. The van der Waals surface area contributed by atoms with Crippen molar-refractivity contribution in [2.75, 3.05) is 13.1 Å². The fourth-order valence-electron chi connectivity index (χ4n) is 4.42. The number of rotatable bonds is 4. The van der Waals surface area contributed by atoms with E-state index in [0.29, 0.717) is 12.3 Å². The average Bonchev–Trinajstić information content (AvgIpc) is 2.67. The Balaban J connectivity index is 2.22. The third-order valence-corrected chi connectivity index (χ3v) is 5.36. The summed E-state index contributed by atoms with van der Waals surface area (Å²) in [4.78, 5) is 14.0. The van der Waals surface area contributed by atoms with Crippen molar-refractivity contribution in [3.05, 3.63) is 0 Å². The molecule has 0 bridgehead atoms. The van der Waals surface area contributed by atoms with Crippen LogP contribution >= 0.6 is 0 Å². The largest absolute Gasteiger partial charge is 0.481 e. The highest BCUT2D eigenvalue weighted by Crippen LogP contribution is 2.43. The summed E-state index contributed by atoms with van der Waals surface area (Å²) in [5.41, 5.74) is -0.0385. The Morgan fingerprint density at radius 3 is 2.42 bits per heavy atom. The molecule has 2 rings (SSSR count). The zero-order valence-electron chi connectivity index (χ0n) is 12.4. The predicted octanol–water partition coefficient (Wildman–Crippen LogP) is 3.68. The second-order valence-electron chi connectivity index (χ2n) is 6.43. The molecular weight excluding hydrogens is 238 g/mol. The molecule has 3 heteroatoms. The first-order valence-corrected chi connectivity index (χ1v) is 8.16. The third kappa shape index (κ3) is 3.31.